The number of benzene rings is 2. The number of Topliss-reactive ketones (excluding diaryl/α,β-unsaturated/α-hetero) is 1. The van der Waals surface area contributed by atoms with Crippen LogP contribution in [0.25, 0.3) is 10.9 Å². The number of nitro groups is 1. The molecule has 1 aromatic heterocycles. The fourth-order valence-corrected chi connectivity index (χ4v) is 2.72. The molecular weight excluding hydrogens is 350 g/mol. The zero-order valence-corrected chi connectivity index (χ0v) is 12.9. The summed E-state index contributed by atoms with van der Waals surface area (Å²) in [6.45, 7) is 0.0733. The second-order valence-corrected chi connectivity index (χ2v) is 5.45. The maximum absolute atomic E-state index is 12.3. The van der Waals surface area contributed by atoms with E-state index in [0.29, 0.717) is 21.1 Å². The number of fused-ring (bicyclic) bond motifs is 1. The lowest BCUT2D eigenvalue weighted by Gasteiger charge is -2.03. The summed E-state index contributed by atoms with van der Waals surface area (Å²) in [5.74, 6) is -0.0733. The molecule has 0 unspecified atom stereocenters. The van der Waals surface area contributed by atoms with Gasteiger partial charge in [0.05, 0.1) is 10.4 Å². The van der Waals surface area contributed by atoms with Crippen LogP contribution in [0.2, 0.25) is 0 Å². The largest absolute Gasteiger partial charge is 0.292 e. The molecule has 0 saturated heterocycles. The lowest BCUT2D eigenvalue weighted by Crippen LogP contribution is -2.11. The Hall–Kier alpha value is -2.54. The molecule has 0 fully saturated rings. The summed E-state index contributed by atoms with van der Waals surface area (Å²) < 4.78 is 2.02. The summed E-state index contributed by atoms with van der Waals surface area (Å²) in [5.41, 5.74) is 1.26. The predicted octanol–water partition coefficient (Wildman–Crippen LogP) is 3.59. The Morgan fingerprint density at radius 1 is 1.23 bits per heavy atom. The van der Waals surface area contributed by atoms with Crippen molar-refractivity contribution in [2.75, 3.05) is 0 Å². The van der Waals surface area contributed by atoms with Crippen LogP contribution < -0.4 is 0 Å². The van der Waals surface area contributed by atoms with Crippen molar-refractivity contribution in [3.8, 4) is 0 Å². The van der Waals surface area contributed by atoms with Gasteiger partial charge in [-0.1, -0.05) is 30.3 Å². The van der Waals surface area contributed by atoms with Crippen LogP contribution in [0.3, 0.4) is 0 Å². The molecule has 0 aliphatic carbocycles. The summed E-state index contributed by atoms with van der Waals surface area (Å²) in [6.07, 6.45) is 0. The second kappa shape index (κ2) is 5.69. The average Bonchev–Trinajstić information content (AvgIpc) is 2.84. The number of non-ortho nitro benzene ring substituents is 1. The van der Waals surface area contributed by atoms with E-state index < -0.39 is 4.92 Å². The van der Waals surface area contributed by atoms with Crippen LogP contribution in [0.5, 0.6) is 0 Å². The molecule has 0 saturated carbocycles. The molecule has 6 nitrogen and oxygen atoms in total. The Labute approximate surface area is 133 Å². The zero-order chi connectivity index (χ0) is 15.7. The lowest BCUT2D eigenvalue weighted by atomic mass is 10.1. The van der Waals surface area contributed by atoms with Gasteiger partial charge in [0, 0.05) is 23.1 Å². The maximum atomic E-state index is 12.3. The Morgan fingerprint density at radius 2 is 1.95 bits per heavy atom. The highest BCUT2D eigenvalue weighted by atomic mass is 79.9. The molecule has 1 heterocycles. The fraction of sp³-hybridized carbons (Fsp3) is 0.0667. The van der Waals surface area contributed by atoms with Gasteiger partial charge in [-0.3, -0.25) is 19.6 Å². The second-order valence-electron chi connectivity index (χ2n) is 4.70. The van der Waals surface area contributed by atoms with Gasteiger partial charge in [-0.25, -0.2) is 0 Å². The Bertz CT molecular complexity index is 874. The average molecular weight is 360 g/mol. The first-order valence-electron chi connectivity index (χ1n) is 6.45. The quantitative estimate of drug-likeness (QED) is 0.405. The summed E-state index contributed by atoms with van der Waals surface area (Å²) in [6, 6.07) is 13.4. The third-order valence-electron chi connectivity index (χ3n) is 3.29. The number of rotatable bonds is 4. The molecule has 0 atom stereocenters. The molecule has 3 aromatic rings. The predicted molar refractivity (Wildman–Crippen MR) is 84.9 cm³/mol. The minimum absolute atomic E-state index is 0.0119. The van der Waals surface area contributed by atoms with E-state index in [2.05, 4.69) is 21.0 Å². The van der Waals surface area contributed by atoms with E-state index in [1.54, 1.807) is 35.0 Å². The van der Waals surface area contributed by atoms with E-state index in [1.165, 1.54) is 12.1 Å². The first-order chi connectivity index (χ1) is 10.6. The van der Waals surface area contributed by atoms with Crippen molar-refractivity contribution in [3.63, 3.8) is 0 Å². The van der Waals surface area contributed by atoms with Crippen LogP contribution in [0, 0.1) is 10.1 Å². The van der Waals surface area contributed by atoms with Crippen LogP contribution >= 0.6 is 15.9 Å². The fourth-order valence-electron chi connectivity index (χ4n) is 2.21. The van der Waals surface area contributed by atoms with Crippen molar-refractivity contribution >= 4 is 38.3 Å². The first-order valence-corrected chi connectivity index (χ1v) is 7.24. The number of nitro benzene ring substituents is 1. The molecular formula is C15H10BrN3O3. The third-order valence-corrected chi connectivity index (χ3v) is 3.87. The van der Waals surface area contributed by atoms with Crippen LogP contribution in [-0.4, -0.2) is 20.5 Å². The highest BCUT2D eigenvalue weighted by Gasteiger charge is 2.15. The van der Waals surface area contributed by atoms with Gasteiger partial charge < -0.3 is 0 Å². The van der Waals surface area contributed by atoms with E-state index in [0.717, 1.165) is 0 Å². The van der Waals surface area contributed by atoms with Gasteiger partial charge in [-0.05, 0) is 22.0 Å². The van der Waals surface area contributed by atoms with Crippen LogP contribution in [-0.2, 0) is 6.54 Å². The molecule has 110 valence electrons. The van der Waals surface area contributed by atoms with E-state index in [4.69, 9.17) is 0 Å². The molecule has 7 heteroatoms. The topological polar surface area (TPSA) is 78.0 Å². The number of aromatic nitrogens is 2. The summed E-state index contributed by atoms with van der Waals surface area (Å²) in [4.78, 5) is 22.6. The van der Waals surface area contributed by atoms with Gasteiger partial charge in [0.15, 0.2) is 5.78 Å². The van der Waals surface area contributed by atoms with Crippen LogP contribution in [0.4, 0.5) is 5.69 Å². The Kier molecular flexibility index (Phi) is 3.72. The monoisotopic (exact) mass is 359 g/mol. The minimum Gasteiger partial charge on any atom is -0.292 e. The smallest absolute Gasteiger partial charge is 0.270 e. The highest BCUT2D eigenvalue weighted by Crippen LogP contribution is 2.27. The maximum Gasteiger partial charge on any atom is 0.270 e. The number of halogens is 1. The van der Waals surface area contributed by atoms with E-state index in [1.807, 2.05) is 6.07 Å². The molecule has 0 aliphatic rings. The molecule has 0 amide bonds. The molecule has 0 bridgehead atoms. The van der Waals surface area contributed by atoms with Gasteiger partial charge >= 0.3 is 0 Å². The van der Waals surface area contributed by atoms with Gasteiger partial charge in [0.2, 0.25) is 0 Å². The minimum atomic E-state index is -0.460. The summed E-state index contributed by atoms with van der Waals surface area (Å²) in [5, 5.41) is 15.7. The lowest BCUT2D eigenvalue weighted by molar-refractivity contribution is -0.384. The Morgan fingerprint density at radius 3 is 2.64 bits per heavy atom. The van der Waals surface area contributed by atoms with Gasteiger partial charge in [0.1, 0.15) is 11.1 Å². The van der Waals surface area contributed by atoms with Gasteiger partial charge in [0.25, 0.3) is 5.69 Å². The van der Waals surface area contributed by atoms with Crippen molar-refractivity contribution in [2.45, 2.75) is 6.54 Å². The van der Waals surface area contributed by atoms with Crippen LogP contribution in [0.15, 0.2) is 53.1 Å². The molecule has 0 aliphatic heterocycles. The van der Waals surface area contributed by atoms with E-state index >= 15 is 0 Å². The third kappa shape index (κ3) is 2.62. The number of carbonyl (C=O) groups excluding carboxylic acids is 1. The van der Waals surface area contributed by atoms with Crippen molar-refractivity contribution in [2.24, 2.45) is 0 Å². The SMILES string of the molecule is O=C(Cn1nc(Br)c2cc([N+](=O)[O-])ccc21)c1ccccc1. The van der Waals surface area contributed by atoms with Crippen LogP contribution in [0.1, 0.15) is 10.4 Å². The normalized spacial score (nSPS) is 10.8. The zero-order valence-electron chi connectivity index (χ0n) is 11.3. The number of hydrogen-bond donors (Lipinski definition) is 0. The van der Waals surface area contributed by atoms with E-state index in [-0.39, 0.29) is 18.0 Å². The summed E-state index contributed by atoms with van der Waals surface area (Å²) in [7, 11) is 0. The summed E-state index contributed by atoms with van der Waals surface area (Å²) >= 11 is 3.28. The number of hydrogen-bond acceptors (Lipinski definition) is 4. The standard InChI is InChI=1S/C15H10BrN3O3/c16-15-12-8-11(19(21)22)6-7-13(12)18(17-15)9-14(20)10-4-2-1-3-5-10/h1-8H,9H2. The molecule has 0 N–H and O–H groups in total. The number of nitrogens with zero attached hydrogens (tertiary/aromatic N) is 3. The Balaban J connectivity index is 1.98. The number of ketones is 1. The molecule has 2 aromatic carbocycles. The molecule has 22 heavy (non-hydrogen) atoms. The van der Waals surface area contributed by atoms with Gasteiger partial charge in [-0.15, -0.1) is 0 Å². The van der Waals surface area contributed by atoms with Crippen molar-refractivity contribution in [1.82, 2.24) is 9.78 Å². The first kappa shape index (κ1) is 14.4. The molecule has 0 radical (unpaired) electrons. The van der Waals surface area contributed by atoms with Crippen molar-refractivity contribution in [1.29, 1.82) is 0 Å². The molecule has 3 rings (SSSR count). The van der Waals surface area contributed by atoms with Crippen molar-refractivity contribution in [3.05, 3.63) is 68.8 Å². The van der Waals surface area contributed by atoms with Crippen molar-refractivity contribution < 1.29 is 9.72 Å². The van der Waals surface area contributed by atoms with E-state index in [9.17, 15) is 14.9 Å². The highest BCUT2D eigenvalue weighted by molar-refractivity contribution is 9.10. The number of carbonyl (C=O) groups is 1. The molecule has 0 spiro atoms. The van der Waals surface area contributed by atoms with Gasteiger partial charge in [-0.2, -0.15) is 5.10 Å².